The van der Waals surface area contributed by atoms with Gasteiger partial charge in [-0.2, -0.15) is 0 Å². The van der Waals surface area contributed by atoms with E-state index in [0.717, 1.165) is 18.7 Å². The van der Waals surface area contributed by atoms with E-state index in [1.165, 1.54) is 27.1 Å². The van der Waals surface area contributed by atoms with Crippen LogP contribution in [-0.2, 0) is 13.0 Å². The molecular formula is C21H21NOS. The first-order valence-electron chi connectivity index (χ1n) is 8.38. The predicted octanol–water partition coefficient (Wildman–Crippen LogP) is 4.87. The van der Waals surface area contributed by atoms with Gasteiger partial charge >= 0.3 is 0 Å². The second-order valence-corrected chi connectivity index (χ2v) is 7.19. The third-order valence-electron chi connectivity index (χ3n) is 4.58. The molecule has 0 saturated heterocycles. The summed E-state index contributed by atoms with van der Waals surface area (Å²) >= 11 is 1.84. The Labute approximate surface area is 147 Å². The second-order valence-electron chi connectivity index (χ2n) is 6.24. The summed E-state index contributed by atoms with van der Waals surface area (Å²) in [6, 6.07) is 19.4. The Bertz CT molecular complexity index is 825. The summed E-state index contributed by atoms with van der Waals surface area (Å²) < 4.78 is 5.99. The van der Waals surface area contributed by atoms with Crippen molar-refractivity contribution in [2.75, 3.05) is 6.54 Å². The van der Waals surface area contributed by atoms with Crippen molar-refractivity contribution in [2.45, 2.75) is 26.0 Å². The third kappa shape index (κ3) is 3.10. The van der Waals surface area contributed by atoms with E-state index >= 15 is 0 Å². The molecule has 122 valence electrons. The van der Waals surface area contributed by atoms with Crippen LogP contribution in [0.2, 0.25) is 0 Å². The molecule has 1 N–H and O–H groups in total. The van der Waals surface area contributed by atoms with Crippen molar-refractivity contribution in [3.63, 3.8) is 0 Å². The molecule has 1 aliphatic heterocycles. The minimum Gasteiger partial charge on any atom is -0.489 e. The minimum atomic E-state index is 0.317. The lowest BCUT2D eigenvalue weighted by Crippen LogP contribution is -2.30. The lowest BCUT2D eigenvalue weighted by atomic mass is 9.92. The predicted molar refractivity (Wildman–Crippen MR) is 99.8 cm³/mol. The molecular weight excluding hydrogens is 314 g/mol. The Morgan fingerprint density at radius 3 is 2.79 bits per heavy atom. The molecule has 0 spiro atoms. The first-order valence-corrected chi connectivity index (χ1v) is 9.26. The van der Waals surface area contributed by atoms with Crippen molar-refractivity contribution in [3.8, 4) is 5.75 Å². The Kier molecular flexibility index (Phi) is 4.37. The smallest absolute Gasteiger partial charge is 0.120 e. The molecule has 0 radical (unpaired) electrons. The van der Waals surface area contributed by atoms with E-state index in [1.807, 2.05) is 29.5 Å². The molecule has 1 aliphatic rings. The van der Waals surface area contributed by atoms with E-state index in [4.69, 9.17) is 4.74 Å². The van der Waals surface area contributed by atoms with Gasteiger partial charge in [-0.3, -0.25) is 0 Å². The molecule has 0 saturated carbocycles. The van der Waals surface area contributed by atoms with Gasteiger partial charge in [0.15, 0.2) is 0 Å². The quantitative estimate of drug-likeness (QED) is 0.734. The largest absolute Gasteiger partial charge is 0.489 e. The van der Waals surface area contributed by atoms with Gasteiger partial charge < -0.3 is 10.1 Å². The fourth-order valence-corrected chi connectivity index (χ4v) is 4.31. The van der Waals surface area contributed by atoms with E-state index < -0.39 is 0 Å². The van der Waals surface area contributed by atoms with Gasteiger partial charge in [0.25, 0.3) is 0 Å². The van der Waals surface area contributed by atoms with Gasteiger partial charge in [-0.15, -0.1) is 11.3 Å². The fraction of sp³-hybridized carbons (Fsp3) is 0.238. The molecule has 1 aromatic heterocycles. The Hall–Kier alpha value is -2.10. The van der Waals surface area contributed by atoms with Crippen molar-refractivity contribution in [2.24, 2.45) is 0 Å². The van der Waals surface area contributed by atoms with Crippen LogP contribution in [0.15, 0.2) is 60.0 Å². The average molecular weight is 335 g/mol. The van der Waals surface area contributed by atoms with Crippen LogP contribution in [0.3, 0.4) is 0 Å². The van der Waals surface area contributed by atoms with Gasteiger partial charge in [0, 0.05) is 11.4 Å². The van der Waals surface area contributed by atoms with Crippen LogP contribution in [0.4, 0.5) is 0 Å². The van der Waals surface area contributed by atoms with Crippen LogP contribution in [0.5, 0.6) is 5.75 Å². The zero-order valence-corrected chi connectivity index (χ0v) is 14.6. The van der Waals surface area contributed by atoms with E-state index in [9.17, 15) is 0 Å². The van der Waals surface area contributed by atoms with Crippen LogP contribution in [0.1, 0.15) is 33.2 Å². The molecule has 2 heterocycles. The summed E-state index contributed by atoms with van der Waals surface area (Å²) in [4.78, 5) is 1.42. The molecule has 24 heavy (non-hydrogen) atoms. The molecule has 0 aliphatic carbocycles. The van der Waals surface area contributed by atoms with Crippen molar-refractivity contribution in [1.29, 1.82) is 0 Å². The Morgan fingerprint density at radius 2 is 2.00 bits per heavy atom. The highest BCUT2D eigenvalue weighted by atomic mass is 32.1. The standard InChI is InChI=1S/C21H21NOS/c1-15-10-12-24-21(15)20-19-8-7-18(13-17(19)9-11-22-20)23-14-16-5-3-2-4-6-16/h2-8,10,12-13,20,22H,9,11,14H2,1H3. The zero-order valence-electron chi connectivity index (χ0n) is 13.8. The molecule has 4 rings (SSSR count). The minimum absolute atomic E-state index is 0.317. The van der Waals surface area contributed by atoms with E-state index in [-0.39, 0.29) is 0 Å². The summed E-state index contributed by atoms with van der Waals surface area (Å²) in [5.74, 6) is 0.959. The normalized spacial score (nSPS) is 16.6. The van der Waals surface area contributed by atoms with Gasteiger partial charge in [0.05, 0.1) is 6.04 Å². The number of thiophene rings is 1. The van der Waals surface area contributed by atoms with Gasteiger partial charge in [0.1, 0.15) is 12.4 Å². The maximum atomic E-state index is 5.99. The van der Waals surface area contributed by atoms with Crippen LogP contribution >= 0.6 is 11.3 Å². The van der Waals surface area contributed by atoms with Gasteiger partial charge in [-0.1, -0.05) is 36.4 Å². The van der Waals surface area contributed by atoms with Crippen molar-refractivity contribution in [1.82, 2.24) is 5.32 Å². The molecule has 1 atom stereocenters. The number of fused-ring (bicyclic) bond motifs is 1. The van der Waals surface area contributed by atoms with Gasteiger partial charge in [0.2, 0.25) is 0 Å². The maximum Gasteiger partial charge on any atom is 0.120 e. The summed E-state index contributed by atoms with van der Waals surface area (Å²) in [5, 5.41) is 5.84. The summed E-state index contributed by atoms with van der Waals surface area (Å²) in [6.45, 7) is 3.82. The maximum absolute atomic E-state index is 5.99. The molecule has 0 bridgehead atoms. The molecule has 0 amide bonds. The number of nitrogens with one attached hydrogen (secondary N) is 1. The van der Waals surface area contributed by atoms with Gasteiger partial charge in [-0.05, 0) is 59.2 Å². The highest BCUT2D eigenvalue weighted by Crippen LogP contribution is 2.35. The van der Waals surface area contributed by atoms with Crippen LogP contribution in [0.25, 0.3) is 0 Å². The molecule has 0 fully saturated rings. The van der Waals surface area contributed by atoms with E-state index in [2.05, 4.69) is 54.0 Å². The third-order valence-corrected chi connectivity index (χ3v) is 5.66. The summed E-state index contributed by atoms with van der Waals surface area (Å²) in [7, 11) is 0. The highest BCUT2D eigenvalue weighted by molar-refractivity contribution is 7.10. The van der Waals surface area contributed by atoms with Crippen LogP contribution < -0.4 is 10.1 Å². The van der Waals surface area contributed by atoms with Crippen molar-refractivity contribution < 1.29 is 4.74 Å². The number of rotatable bonds is 4. The van der Waals surface area contributed by atoms with Crippen molar-refractivity contribution in [3.05, 3.63) is 87.1 Å². The lowest BCUT2D eigenvalue weighted by Gasteiger charge is -2.27. The first-order chi connectivity index (χ1) is 11.8. The number of aryl methyl sites for hydroxylation is 1. The molecule has 2 aromatic carbocycles. The van der Waals surface area contributed by atoms with Crippen molar-refractivity contribution >= 4 is 11.3 Å². The topological polar surface area (TPSA) is 21.3 Å². The second kappa shape index (κ2) is 6.80. The lowest BCUT2D eigenvalue weighted by molar-refractivity contribution is 0.305. The number of hydrogen-bond donors (Lipinski definition) is 1. The number of hydrogen-bond acceptors (Lipinski definition) is 3. The Balaban J connectivity index is 1.56. The molecule has 3 aromatic rings. The summed E-state index contributed by atoms with van der Waals surface area (Å²) in [5.41, 5.74) is 5.36. The van der Waals surface area contributed by atoms with Crippen LogP contribution in [0, 0.1) is 6.92 Å². The highest BCUT2D eigenvalue weighted by Gasteiger charge is 2.23. The average Bonchev–Trinajstić information content (AvgIpc) is 3.06. The number of ether oxygens (including phenoxy) is 1. The van der Waals surface area contributed by atoms with E-state index in [0.29, 0.717) is 12.6 Å². The Morgan fingerprint density at radius 1 is 1.12 bits per heavy atom. The zero-order chi connectivity index (χ0) is 16.4. The molecule has 1 unspecified atom stereocenters. The van der Waals surface area contributed by atoms with Crippen LogP contribution in [-0.4, -0.2) is 6.54 Å². The first kappa shape index (κ1) is 15.4. The monoisotopic (exact) mass is 335 g/mol. The SMILES string of the molecule is Cc1ccsc1C1NCCc2cc(OCc3ccccc3)ccc21. The fourth-order valence-electron chi connectivity index (χ4n) is 3.29. The van der Waals surface area contributed by atoms with E-state index in [1.54, 1.807) is 0 Å². The van der Waals surface area contributed by atoms with Gasteiger partial charge in [-0.25, -0.2) is 0 Å². The molecule has 3 heteroatoms. The number of benzene rings is 2. The summed E-state index contributed by atoms with van der Waals surface area (Å²) in [6.07, 6.45) is 1.05. The molecule has 2 nitrogen and oxygen atoms in total.